The van der Waals surface area contributed by atoms with Crippen molar-refractivity contribution in [2.75, 3.05) is 7.05 Å². The summed E-state index contributed by atoms with van der Waals surface area (Å²) in [4.78, 5) is 17.7. The molecule has 1 aliphatic rings. The molecule has 1 aromatic heterocycles. The Hall–Kier alpha value is -3.93. The number of amides is 1. The van der Waals surface area contributed by atoms with Gasteiger partial charge in [0.05, 0.1) is 7.05 Å². The van der Waals surface area contributed by atoms with Gasteiger partial charge in [0.1, 0.15) is 4.92 Å². The Morgan fingerprint density at radius 1 is 0.931 bits per heavy atom. The Kier molecular flexibility index (Phi) is 3.74. The lowest BCUT2D eigenvalue weighted by atomic mass is 9.81. The fourth-order valence-electron chi connectivity index (χ4n) is 3.96. The Balaban J connectivity index is 1.70. The smallest absolute Gasteiger partial charge is 0.325 e. The highest BCUT2D eigenvalue weighted by atomic mass is 16.2. The zero-order valence-corrected chi connectivity index (χ0v) is 15.9. The van der Waals surface area contributed by atoms with Crippen LogP contribution in [0.5, 0.6) is 0 Å². The van der Waals surface area contributed by atoms with Crippen molar-refractivity contribution >= 4 is 16.8 Å². The molecular formula is C23H20N5O+. The van der Waals surface area contributed by atoms with Crippen LogP contribution in [-0.4, -0.2) is 27.9 Å². The van der Waals surface area contributed by atoms with Crippen LogP contribution in [-0.2, 0) is 10.3 Å². The van der Waals surface area contributed by atoms with Crippen molar-refractivity contribution in [3.8, 4) is 11.1 Å². The molecule has 0 radical (unpaired) electrons. The molecule has 5 rings (SSSR count). The highest BCUT2D eigenvalue weighted by Gasteiger charge is 2.56. The van der Waals surface area contributed by atoms with E-state index in [1.807, 2.05) is 66.9 Å². The predicted octanol–water partition coefficient (Wildman–Crippen LogP) is 3.80. The van der Waals surface area contributed by atoms with E-state index < -0.39 is 5.54 Å². The molecule has 1 amide bonds. The van der Waals surface area contributed by atoms with Crippen LogP contribution in [0.25, 0.3) is 22.0 Å². The van der Waals surface area contributed by atoms with E-state index in [2.05, 4.69) is 28.3 Å². The van der Waals surface area contributed by atoms with Gasteiger partial charge in [-0.2, -0.15) is 5.84 Å². The molecule has 3 N–H and O–H groups in total. The van der Waals surface area contributed by atoms with Crippen molar-refractivity contribution in [3.63, 3.8) is 0 Å². The van der Waals surface area contributed by atoms with Gasteiger partial charge < -0.3 is 4.98 Å². The molecule has 0 bridgehead atoms. The van der Waals surface area contributed by atoms with E-state index in [0.29, 0.717) is 0 Å². The fourth-order valence-corrected chi connectivity index (χ4v) is 3.96. The van der Waals surface area contributed by atoms with Crippen LogP contribution in [0.1, 0.15) is 11.1 Å². The van der Waals surface area contributed by atoms with E-state index in [-0.39, 0.29) is 5.91 Å². The van der Waals surface area contributed by atoms with Gasteiger partial charge in [-0.25, -0.2) is 0 Å². The zero-order valence-electron chi connectivity index (χ0n) is 15.9. The number of fused-ring (bicyclic) bond motifs is 1. The molecule has 0 aliphatic carbocycles. The summed E-state index contributed by atoms with van der Waals surface area (Å²) < 4.78 is 0. The van der Waals surface area contributed by atoms with Crippen molar-refractivity contribution in [3.05, 3.63) is 96.2 Å². The van der Waals surface area contributed by atoms with Crippen LogP contribution in [0.3, 0.4) is 0 Å². The highest BCUT2D eigenvalue weighted by molar-refractivity contribution is 5.92. The largest absolute Gasteiger partial charge is 0.361 e. The minimum atomic E-state index is -1.21. The minimum absolute atomic E-state index is 0.190. The number of nitrogens with two attached hydrogens (primary N) is 1. The molecule has 6 nitrogen and oxygen atoms in total. The van der Waals surface area contributed by atoms with E-state index >= 15 is 0 Å². The molecular weight excluding hydrogens is 362 g/mol. The summed E-state index contributed by atoms with van der Waals surface area (Å²) in [5.74, 6) is 5.80. The second-order valence-electron chi connectivity index (χ2n) is 7.19. The first-order chi connectivity index (χ1) is 14.1. The number of carbonyl (C=O) groups is 1. The third kappa shape index (κ3) is 2.53. The second kappa shape index (κ2) is 6.31. The van der Waals surface area contributed by atoms with E-state index in [4.69, 9.17) is 5.84 Å². The molecule has 2 heterocycles. The summed E-state index contributed by atoms with van der Waals surface area (Å²) in [5.41, 5.74) is 3.53. The van der Waals surface area contributed by atoms with Gasteiger partial charge >= 0.3 is 5.91 Å². The maximum Gasteiger partial charge on any atom is 0.325 e. The standard InChI is InChI=1S/C23H20N5O/c1-27-22(29)23(26-28(27)24,19-7-3-2-4-8-19)20-9-5-6-16(15-20)17-10-11-21-18(14-17)12-13-25-21/h2-15,25H,1H3,(H2,24,26)/q+1. The number of carbonyl (C=O) groups excluding carboxylic acids is 1. The number of aromatic nitrogens is 1. The van der Waals surface area contributed by atoms with Crippen LogP contribution in [0.2, 0.25) is 0 Å². The third-order valence-electron chi connectivity index (χ3n) is 5.52. The first kappa shape index (κ1) is 17.2. The number of benzene rings is 3. The van der Waals surface area contributed by atoms with Crippen molar-refractivity contribution < 1.29 is 9.71 Å². The molecule has 1 atom stereocenters. The second-order valence-corrected chi connectivity index (χ2v) is 7.19. The number of hydrogen-bond acceptors (Lipinski definition) is 3. The van der Waals surface area contributed by atoms with Crippen molar-refractivity contribution in [1.82, 2.24) is 9.99 Å². The Labute approximate surface area is 167 Å². The average molecular weight is 382 g/mol. The van der Waals surface area contributed by atoms with Crippen LogP contribution < -0.4 is 5.84 Å². The van der Waals surface area contributed by atoms with Crippen LogP contribution in [0, 0.1) is 0 Å². The van der Waals surface area contributed by atoms with Crippen LogP contribution in [0.15, 0.2) is 90.2 Å². The summed E-state index contributed by atoms with van der Waals surface area (Å²) in [7, 11) is 1.63. The molecule has 29 heavy (non-hydrogen) atoms. The van der Waals surface area contributed by atoms with Crippen LogP contribution in [0.4, 0.5) is 0 Å². The molecule has 1 unspecified atom stereocenters. The molecule has 3 aromatic carbocycles. The minimum Gasteiger partial charge on any atom is -0.361 e. The summed E-state index contributed by atoms with van der Waals surface area (Å²) in [6, 6.07) is 25.8. The molecule has 4 aromatic rings. The monoisotopic (exact) mass is 382 g/mol. The quantitative estimate of drug-likeness (QED) is 0.418. The zero-order chi connectivity index (χ0) is 20.0. The van der Waals surface area contributed by atoms with Gasteiger partial charge in [0, 0.05) is 28.0 Å². The van der Waals surface area contributed by atoms with E-state index in [1.54, 1.807) is 7.05 Å². The van der Waals surface area contributed by atoms with E-state index in [1.165, 1.54) is 5.01 Å². The number of nitrogens with one attached hydrogen (secondary N) is 1. The topological polar surface area (TPSA) is 77.5 Å². The molecule has 142 valence electrons. The number of hydrazine groups is 2. The van der Waals surface area contributed by atoms with Gasteiger partial charge in [-0.3, -0.25) is 4.79 Å². The number of aromatic amines is 1. The number of rotatable bonds is 3. The fraction of sp³-hybridized carbons (Fsp3) is 0.0870. The lowest BCUT2D eigenvalue weighted by Gasteiger charge is -2.21. The van der Waals surface area contributed by atoms with Crippen molar-refractivity contribution in [2.24, 2.45) is 11.0 Å². The third-order valence-corrected chi connectivity index (χ3v) is 5.52. The molecule has 0 saturated heterocycles. The average Bonchev–Trinajstić information content (AvgIpc) is 3.33. The van der Waals surface area contributed by atoms with E-state index in [9.17, 15) is 4.79 Å². The maximum atomic E-state index is 13.3. The summed E-state index contributed by atoms with van der Waals surface area (Å²) >= 11 is 0. The SMILES string of the molecule is CN1C(=O)C(c2ccccc2)(c2cccc(-c3ccc4[nH]ccc4c3)c2)N=[N+]1N. The van der Waals surface area contributed by atoms with Crippen molar-refractivity contribution in [2.45, 2.75) is 5.54 Å². The highest BCUT2D eigenvalue weighted by Crippen LogP contribution is 2.40. The van der Waals surface area contributed by atoms with Gasteiger partial charge in [0.15, 0.2) is 0 Å². The lowest BCUT2D eigenvalue weighted by molar-refractivity contribution is -0.722. The van der Waals surface area contributed by atoms with E-state index in [0.717, 1.165) is 38.1 Å². The number of likely N-dealkylation sites (N-methyl/N-ethyl adjacent to an activating group) is 1. The van der Waals surface area contributed by atoms with Gasteiger partial charge in [-0.1, -0.05) is 59.6 Å². The molecule has 0 saturated carbocycles. The summed E-state index contributed by atoms with van der Waals surface area (Å²) in [6.45, 7) is 0. The molecule has 1 aliphatic heterocycles. The number of H-pyrrole nitrogens is 1. The number of nitrogens with zero attached hydrogens (tertiary/aromatic N) is 3. The van der Waals surface area contributed by atoms with Gasteiger partial charge in [0.2, 0.25) is 0 Å². The first-order valence-corrected chi connectivity index (χ1v) is 9.39. The Bertz CT molecular complexity index is 1260. The molecule has 6 heteroatoms. The predicted molar refractivity (Wildman–Crippen MR) is 111 cm³/mol. The molecule has 0 fully saturated rings. The molecule has 0 spiro atoms. The lowest BCUT2D eigenvalue weighted by Crippen LogP contribution is -2.41. The normalized spacial score (nSPS) is 19.0. The summed E-state index contributed by atoms with van der Waals surface area (Å²) in [5, 5.41) is 7.06. The van der Waals surface area contributed by atoms with Gasteiger partial charge in [-0.15, -0.1) is 0 Å². The van der Waals surface area contributed by atoms with Gasteiger partial charge in [0.25, 0.3) is 5.54 Å². The maximum absolute atomic E-state index is 13.3. The summed E-state index contributed by atoms with van der Waals surface area (Å²) in [6.07, 6.45) is 1.93. The first-order valence-electron chi connectivity index (χ1n) is 9.39. The number of hydrogen-bond donors (Lipinski definition) is 2. The van der Waals surface area contributed by atoms with Gasteiger partial charge in [-0.05, 0) is 40.8 Å². The Morgan fingerprint density at radius 2 is 1.69 bits per heavy atom. The van der Waals surface area contributed by atoms with Crippen LogP contribution >= 0.6 is 0 Å². The Morgan fingerprint density at radius 3 is 2.45 bits per heavy atom. The van der Waals surface area contributed by atoms with Crippen molar-refractivity contribution in [1.29, 1.82) is 0 Å².